The van der Waals surface area contributed by atoms with E-state index in [1.807, 2.05) is 45.0 Å². The summed E-state index contributed by atoms with van der Waals surface area (Å²) in [4.78, 5) is 13.8. The van der Waals surface area contributed by atoms with Crippen molar-refractivity contribution in [2.24, 2.45) is 5.92 Å². The van der Waals surface area contributed by atoms with Crippen LogP contribution in [-0.4, -0.2) is 36.2 Å². The highest BCUT2D eigenvalue weighted by Gasteiger charge is 2.29. The molecule has 116 valence electrons. The molecule has 21 heavy (non-hydrogen) atoms. The molecule has 1 aliphatic rings. The van der Waals surface area contributed by atoms with Crippen LogP contribution in [0.1, 0.15) is 27.2 Å². The summed E-state index contributed by atoms with van der Waals surface area (Å²) in [5.41, 5.74) is 0.680. The van der Waals surface area contributed by atoms with E-state index in [-0.39, 0.29) is 6.09 Å². The molecule has 0 spiro atoms. The maximum Gasteiger partial charge on any atom is 0.410 e. The second kappa shape index (κ2) is 6.69. The molecule has 0 bridgehead atoms. The predicted molar refractivity (Wildman–Crippen MR) is 88.5 cm³/mol. The van der Waals surface area contributed by atoms with Crippen LogP contribution in [-0.2, 0) is 4.74 Å². The maximum atomic E-state index is 12.0. The van der Waals surface area contributed by atoms with Crippen LogP contribution in [0.25, 0.3) is 0 Å². The van der Waals surface area contributed by atoms with Crippen LogP contribution in [0.5, 0.6) is 0 Å². The van der Waals surface area contributed by atoms with Crippen LogP contribution in [0.4, 0.5) is 10.5 Å². The van der Waals surface area contributed by atoms with E-state index in [4.69, 9.17) is 4.74 Å². The van der Waals surface area contributed by atoms with E-state index < -0.39 is 5.60 Å². The molecule has 0 aromatic heterocycles. The van der Waals surface area contributed by atoms with Crippen LogP contribution in [0.15, 0.2) is 28.7 Å². The van der Waals surface area contributed by atoms with Gasteiger partial charge in [0.05, 0.1) is 0 Å². The molecule has 1 heterocycles. The Bertz CT molecular complexity index is 482. The molecule has 1 amide bonds. The average molecular weight is 355 g/mol. The van der Waals surface area contributed by atoms with E-state index >= 15 is 0 Å². The van der Waals surface area contributed by atoms with Crippen molar-refractivity contribution in [3.05, 3.63) is 28.7 Å². The van der Waals surface area contributed by atoms with Crippen molar-refractivity contribution in [3.63, 3.8) is 0 Å². The summed E-state index contributed by atoms with van der Waals surface area (Å²) in [6.45, 7) is 8.11. The number of benzene rings is 1. The first-order valence-electron chi connectivity index (χ1n) is 7.31. The van der Waals surface area contributed by atoms with Gasteiger partial charge in [-0.15, -0.1) is 0 Å². The first-order valence-corrected chi connectivity index (χ1v) is 8.10. The highest BCUT2D eigenvalue weighted by atomic mass is 79.9. The van der Waals surface area contributed by atoms with E-state index in [0.717, 1.165) is 36.2 Å². The summed E-state index contributed by atoms with van der Waals surface area (Å²) < 4.78 is 6.48. The van der Waals surface area contributed by atoms with E-state index in [0.29, 0.717) is 5.92 Å². The minimum Gasteiger partial charge on any atom is -0.444 e. The number of likely N-dealkylation sites (tertiary alicyclic amines) is 1. The minimum atomic E-state index is -0.426. The van der Waals surface area contributed by atoms with Gasteiger partial charge in [-0.1, -0.05) is 15.9 Å². The van der Waals surface area contributed by atoms with Gasteiger partial charge in [0.25, 0.3) is 0 Å². The second-order valence-electron chi connectivity index (χ2n) is 6.47. The SMILES string of the molecule is CC(C)(C)OC(=O)N1CC[C@@H](CNc2ccc(Br)cc2)C1. The molecule has 0 saturated carbocycles. The number of amides is 1. The van der Waals surface area contributed by atoms with Gasteiger partial charge < -0.3 is 15.0 Å². The number of anilines is 1. The molecule has 0 radical (unpaired) electrons. The summed E-state index contributed by atoms with van der Waals surface area (Å²) >= 11 is 3.42. The molecule has 1 atom stereocenters. The predicted octanol–water partition coefficient (Wildman–Crippen LogP) is 4.12. The molecule has 1 fully saturated rings. The van der Waals surface area contributed by atoms with Crippen LogP contribution >= 0.6 is 15.9 Å². The molecule has 1 saturated heterocycles. The quantitative estimate of drug-likeness (QED) is 0.887. The van der Waals surface area contributed by atoms with Crippen molar-refractivity contribution >= 4 is 27.7 Å². The molecule has 1 aromatic carbocycles. The van der Waals surface area contributed by atoms with Crippen molar-refractivity contribution in [3.8, 4) is 0 Å². The molecular formula is C16H23BrN2O2. The summed E-state index contributed by atoms with van der Waals surface area (Å²) in [5, 5.41) is 3.42. The molecule has 2 rings (SSSR count). The van der Waals surface area contributed by atoms with Gasteiger partial charge in [0.1, 0.15) is 5.60 Å². The van der Waals surface area contributed by atoms with Crippen molar-refractivity contribution in [2.45, 2.75) is 32.8 Å². The van der Waals surface area contributed by atoms with Gasteiger partial charge in [-0.3, -0.25) is 0 Å². The van der Waals surface area contributed by atoms with E-state index in [1.54, 1.807) is 4.90 Å². The van der Waals surface area contributed by atoms with Gasteiger partial charge in [-0.2, -0.15) is 0 Å². The first-order chi connectivity index (χ1) is 9.83. The molecule has 0 aliphatic carbocycles. The fraction of sp³-hybridized carbons (Fsp3) is 0.562. The third kappa shape index (κ3) is 5.23. The van der Waals surface area contributed by atoms with Gasteiger partial charge in [0, 0.05) is 29.8 Å². The van der Waals surface area contributed by atoms with E-state index in [1.165, 1.54) is 0 Å². The zero-order valence-electron chi connectivity index (χ0n) is 12.9. The number of ether oxygens (including phenoxy) is 1. The smallest absolute Gasteiger partial charge is 0.410 e. The van der Waals surface area contributed by atoms with E-state index in [9.17, 15) is 4.79 Å². The van der Waals surface area contributed by atoms with Crippen molar-refractivity contribution in [1.82, 2.24) is 4.90 Å². The number of carbonyl (C=O) groups is 1. The zero-order valence-corrected chi connectivity index (χ0v) is 14.4. The molecule has 1 N–H and O–H groups in total. The monoisotopic (exact) mass is 354 g/mol. The second-order valence-corrected chi connectivity index (χ2v) is 7.38. The number of nitrogens with zero attached hydrogens (tertiary/aromatic N) is 1. The number of nitrogens with one attached hydrogen (secondary N) is 1. The van der Waals surface area contributed by atoms with Gasteiger partial charge in [-0.25, -0.2) is 4.79 Å². The first kappa shape index (κ1) is 16.1. The fourth-order valence-corrected chi connectivity index (χ4v) is 2.59. The molecular weight excluding hydrogens is 332 g/mol. The Hall–Kier alpha value is -1.23. The van der Waals surface area contributed by atoms with Crippen molar-refractivity contribution < 1.29 is 9.53 Å². The van der Waals surface area contributed by atoms with Crippen LogP contribution in [0, 0.1) is 5.92 Å². The van der Waals surface area contributed by atoms with Gasteiger partial charge in [0.15, 0.2) is 0 Å². The lowest BCUT2D eigenvalue weighted by atomic mass is 10.1. The summed E-state index contributed by atoms with van der Waals surface area (Å²) in [5.74, 6) is 0.473. The van der Waals surface area contributed by atoms with Crippen LogP contribution in [0.3, 0.4) is 0 Å². The number of hydrogen-bond acceptors (Lipinski definition) is 3. The van der Waals surface area contributed by atoms with E-state index in [2.05, 4.69) is 21.2 Å². The molecule has 0 unspecified atom stereocenters. The third-order valence-corrected chi connectivity index (χ3v) is 3.91. The Morgan fingerprint density at radius 1 is 1.38 bits per heavy atom. The highest BCUT2D eigenvalue weighted by molar-refractivity contribution is 9.10. The lowest BCUT2D eigenvalue weighted by molar-refractivity contribution is 0.0289. The standard InChI is InChI=1S/C16H23BrN2O2/c1-16(2,3)21-15(20)19-9-8-12(11-19)10-18-14-6-4-13(17)5-7-14/h4-7,12,18H,8-11H2,1-3H3/t12-/m0/s1. The molecule has 1 aliphatic heterocycles. The highest BCUT2D eigenvalue weighted by Crippen LogP contribution is 2.21. The Morgan fingerprint density at radius 3 is 2.67 bits per heavy atom. The Balaban J connectivity index is 1.77. The zero-order chi connectivity index (χ0) is 15.5. The summed E-state index contributed by atoms with van der Waals surface area (Å²) in [7, 11) is 0. The Kier molecular flexibility index (Phi) is 5.14. The summed E-state index contributed by atoms with van der Waals surface area (Å²) in [6, 6.07) is 8.13. The van der Waals surface area contributed by atoms with Gasteiger partial charge in [-0.05, 0) is 57.4 Å². The lowest BCUT2D eigenvalue weighted by Crippen LogP contribution is -2.35. The largest absolute Gasteiger partial charge is 0.444 e. The average Bonchev–Trinajstić information content (AvgIpc) is 2.85. The maximum absolute atomic E-state index is 12.0. The Morgan fingerprint density at radius 2 is 2.05 bits per heavy atom. The van der Waals surface area contributed by atoms with Crippen LogP contribution in [0.2, 0.25) is 0 Å². The Labute approximate surface area is 135 Å². The number of halogens is 1. The van der Waals surface area contributed by atoms with Crippen LogP contribution < -0.4 is 5.32 Å². The number of carbonyl (C=O) groups excluding carboxylic acids is 1. The van der Waals surface area contributed by atoms with Gasteiger partial charge >= 0.3 is 6.09 Å². The molecule has 4 nitrogen and oxygen atoms in total. The molecule has 5 heteroatoms. The summed E-state index contributed by atoms with van der Waals surface area (Å²) in [6.07, 6.45) is 0.816. The topological polar surface area (TPSA) is 41.6 Å². The molecule has 1 aromatic rings. The number of rotatable bonds is 3. The minimum absolute atomic E-state index is 0.200. The number of hydrogen-bond donors (Lipinski definition) is 1. The van der Waals surface area contributed by atoms with Crippen molar-refractivity contribution in [1.29, 1.82) is 0 Å². The van der Waals surface area contributed by atoms with Crippen molar-refractivity contribution in [2.75, 3.05) is 25.0 Å². The lowest BCUT2D eigenvalue weighted by Gasteiger charge is -2.24. The fourth-order valence-electron chi connectivity index (χ4n) is 2.32. The third-order valence-electron chi connectivity index (χ3n) is 3.38. The normalized spacial score (nSPS) is 18.7. The van der Waals surface area contributed by atoms with Gasteiger partial charge in [0.2, 0.25) is 0 Å².